The minimum absolute atomic E-state index is 0.134. The highest BCUT2D eigenvalue weighted by Crippen LogP contribution is 2.37. The highest BCUT2D eigenvalue weighted by Gasteiger charge is 2.49. The second kappa shape index (κ2) is 6.10. The lowest BCUT2D eigenvalue weighted by molar-refractivity contribution is 0.0734. The Hall–Kier alpha value is -3.81. The van der Waals surface area contributed by atoms with Gasteiger partial charge in [-0.15, -0.1) is 0 Å². The summed E-state index contributed by atoms with van der Waals surface area (Å²) < 4.78 is 11.2. The van der Waals surface area contributed by atoms with Gasteiger partial charge >= 0.3 is 6.03 Å². The second-order valence-electron chi connectivity index (χ2n) is 7.17. The number of carbonyl (C=O) groups is 2. The van der Waals surface area contributed by atoms with Crippen LogP contribution in [0.2, 0.25) is 0 Å². The van der Waals surface area contributed by atoms with Crippen LogP contribution in [-0.4, -0.2) is 35.5 Å². The van der Waals surface area contributed by atoms with Gasteiger partial charge in [0.2, 0.25) is 0 Å². The Bertz CT molecular complexity index is 1150. The zero-order valence-electron chi connectivity index (χ0n) is 15.7. The number of methoxy groups -OCH3 is 1. The third-order valence-electron chi connectivity index (χ3n) is 5.47. The molecule has 8 heteroatoms. The maximum absolute atomic E-state index is 13.1. The number of nitrogens with one attached hydrogen (secondary N) is 2. The topological polar surface area (TPSA) is 96.7 Å². The van der Waals surface area contributed by atoms with Crippen LogP contribution >= 0.6 is 0 Å². The molecule has 0 radical (unpaired) electrons. The molecule has 0 bridgehead atoms. The normalized spacial score (nSPS) is 20.7. The first-order valence-corrected chi connectivity index (χ1v) is 9.09. The van der Waals surface area contributed by atoms with Gasteiger partial charge in [0.1, 0.15) is 11.5 Å². The van der Waals surface area contributed by atoms with E-state index in [2.05, 4.69) is 22.2 Å². The van der Waals surface area contributed by atoms with E-state index in [0.29, 0.717) is 34.9 Å². The number of nitrogens with zero attached hydrogens (tertiary/aromatic N) is 2. The number of furan rings is 1. The molecule has 1 fully saturated rings. The number of urea groups is 1. The van der Waals surface area contributed by atoms with Crippen LogP contribution < -0.4 is 15.4 Å². The van der Waals surface area contributed by atoms with Crippen LogP contribution in [-0.2, 0) is 12.1 Å². The zero-order chi connectivity index (χ0) is 20.2. The third-order valence-corrected chi connectivity index (χ3v) is 5.47. The summed E-state index contributed by atoms with van der Waals surface area (Å²) in [5.74, 6) is 0.980. The van der Waals surface area contributed by atoms with Crippen LogP contribution in [0.3, 0.4) is 0 Å². The fraction of sp³-hybridized carbons (Fsp3) is 0.190. The Labute approximate surface area is 166 Å². The molecule has 146 valence electrons. The molecule has 2 aromatic heterocycles. The van der Waals surface area contributed by atoms with E-state index in [-0.39, 0.29) is 18.5 Å². The summed E-state index contributed by atoms with van der Waals surface area (Å²) in [6.07, 6.45) is 3.28. The number of pyridine rings is 1. The first-order chi connectivity index (χ1) is 14.0. The number of ether oxygens (including phenoxy) is 1. The molecule has 8 nitrogen and oxygen atoms in total. The molecular formula is C21H18N4O4. The van der Waals surface area contributed by atoms with Crippen molar-refractivity contribution in [1.29, 1.82) is 0 Å². The van der Waals surface area contributed by atoms with E-state index in [9.17, 15) is 9.59 Å². The molecule has 2 aliphatic rings. The highest BCUT2D eigenvalue weighted by molar-refractivity contribution is 5.99. The van der Waals surface area contributed by atoms with Crippen LogP contribution in [0.15, 0.2) is 59.4 Å². The molecule has 29 heavy (non-hydrogen) atoms. The minimum atomic E-state index is -1.09. The van der Waals surface area contributed by atoms with Gasteiger partial charge in [0, 0.05) is 29.4 Å². The Morgan fingerprint density at radius 3 is 2.90 bits per heavy atom. The quantitative estimate of drug-likeness (QED) is 0.714. The molecular weight excluding hydrogens is 372 g/mol. The summed E-state index contributed by atoms with van der Waals surface area (Å²) >= 11 is 0. The van der Waals surface area contributed by atoms with E-state index >= 15 is 0 Å². The van der Waals surface area contributed by atoms with Crippen molar-refractivity contribution < 1.29 is 18.7 Å². The first kappa shape index (κ1) is 17.3. The number of hydrogen-bond donors (Lipinski definition) is 2. The number of benzene rings is 1. The second-order valence-corrected chi connectivity index (χ2v) is 7.17. The maximum Gasteiger partial charge on any atom is 0.320 e. The number of fused-ring (bicyclic) bond motifs is 2. The molecule has 0 saturated carbocycles. The van der Waals surface area contributed by atoms with Crippen molar-refractivity contribution in [3.63, 3.8) is 0 Å². The lowest BCUT2D eigenvalue weighted by Crippen LogP contribution is -2.49. The predicted molar refractivity (Wildman–Crippen MR) is 104 cm³/mol. The molecule has 0 spiro atoms. The smallest absolute Gasteiger partial charge is 0.320 e. The van der Waals surface area contributed by atoms with Crippen molar-refractivity contribution in [3.05, 3.63) is 71.9 Å². The van der Waals surface area contributed by atoms with Crippen LogP contribution in [0.25, 0.3) is 11.0 Å². The zero-order valence-corrected chi connectivity index (χ0v) is 15.7. The molecule has 3 aromatic rings. The van der Waals surface area contributed by atoms with Crippen LogP contribution in [0, 0.1) is 0 Å². The van der Waals surface area contributed by atoms with Crippen LogP contribution in [0.5, 0.6) is 5.75 Å². The lowest BCUT2D eigenvalue weighted by Gasteiger charge is -2.31. The van der Waals surface area contributed by atoms with Gasteiger partial charge in [0.05, 0.1) is 19.9 Å². The average Bonchev–Trinajstić information content (AvgIpc) is 3.36. The third kappa shape index (κ3) is 2.56. The molecule has 2 N–H and O–H groups in total. The van der Waals surface area contributed by atoms with Crippen molar-refractivity contribution in [2.75, 3.05) is 13.7 Å². The molecule has 4 heterocycles. The summed E-state index contributed by atoms with van der Waals surface area (Å²) in [7, 11) is 1.56. The van der Waals surface area contributed by atoms with Gasteiger partial charge < -0.3 is 24.7 Å². The van der Waals surface area contributed by atoms with Crippen LogP contribution in [0.1, 0.15) is 21.7 Å². The van der Waals surface area contributed by atoms with Crippen LogP contribution in [0.4, 0.5) is 4.79 Å². The number of aromatic nitrogens is 1. The van der Waals surface area contributed by atoms with Crippen molar-refractivity contribution in [1.82, 2.24) is 20.5 Å². The summed E-state index contributed by atoms with van der Waals surface area (Å²) in [5, 5.41) is 6.46. The predicted octanol–water partition coefficient (Wildman–Crippen LogP) is 2.51. The van der Waals surface area contributed by atoms with Crippen molar-refractivity contribution in [3.8, 4) is 5.75 Å². The molecule has 1 atom stereocenters. The summed E-state index contributed by atoms with van der Waals surface area (Å²) in [4.78, 5) is 31.0. The fourth-order valence-corrected chi connectivity index (χ4v) is 3.94. The molecule has 5 rings (SSSR count). The first-order valence-electron chi connectivity index (χ1n) is 9.09. The average molecular weight is 390 g/mol. The van der Waals surface area contributed by atoms with E-state index in [1.54, 1.807) is 30.5 Å². The van der Waals surface area contributed by atoms with Gasteiger partial charge in [-0.1, -0.05) is 12.6 Å². The van der Waals surface area contributed by atoms with Crippen molar-refractivity contribution in [2.45, 2.75) is 12.1 Å². The summed E-state index contributed by atoms with van der Waals surface area (Å²) in [6.45, 7) is 4.62. The highest BCUT2D eigenvalue weighted by atomic mass is 16.5. The largest absolute Gasteiger partial charge is 0.497 e. The fourth-order valence-electron chi connectivity index (χ4n) is 3.94. The minimum Gasteiger partial charge on any atom is -0.497 e. The van der Waals surface area contributed by atoms with Gasteiger partial charge in [0.25, 0.3) is 5.91 Å². The van der Waals surface area contributed by atoms with Gasteiger partial charge in [0.15, 0.2) is 11.1 Å². The van der Waals surface area contributed by atoms with E-state index in [1.165, 1.54) is 0 Å². The molecule has 2 aliphatic heterocycles. The Balaban J connectivity index is 1.54. The Morgan fingerprint density at radius 1 is 1.31 bits per heavy atom. The van der Waals surface area contributed by atoms with E-state index < -0.39 is 5.54 Å². The SMILES string of the molecule is C=C1NC(=O)N[C@@]1(CN1Cc2ccc(OC)cc2C1=O)c1cc2ccncc2o1. The molecule has 1 aromatic carbocycles. The monoisotopic (exact) mass is 390 g/mol. The number of hydrogen-bond acceptors (Lipinski definition) is 5. The summed E-state index contributed by atoms with van der Waals surface area (Å²) in [5.41, 5.74) is 1.43. The van der Waals surface area contributed by atoms with E-state index in [4.69, 9.17) is 9.15 Å². The molecule has 1 saturated heterocycles. The Morgan fingerprint density at radius 2 is 2.17 bits per heavy atom. The number of amides is 3. The Kier molecular flexibility index (Phi) is 3.64. The van der Waals surface area contributed by atoms with Gasteiger partial charge in [-0.25, -0.2) is 4.79 Å². The molecule has 0 unspecified atom stereocenters. The summed E-state index contributed by atoms with van der Waals surface area (Å²) in [6, 6.07) is 8.72. The van der Waals surface area contributed by atoms with Crippen molar-refractivity contribution >= 4 is 22.9 Å². The molecule has 3 amide bonds. The van der Waals surface area contributed by atoms with E-state index in [0.717, 1.165) is 10.9 Å². The van der Waals surface area contributed by atoms with Gasteiger partial charge in [-0.05, 0) is 29.8 Å². The number of carbonyl (C=O) groups excluding carboxylic acids is 2. The molecule has 0 aliphatic carbocycles. The van der Waals surface area contributed by atoms with Gasteiger partial charge in [-0.3, -0.25) is 9.78 Å². The maximum atomic E-state index is 13.1. The lowest BCUT2D eigenvalue weighted by atomic mass is 9.93. The van der Waals surface area contributed by atoms with E-state index in [1.807, 2.05) is 24.3 Å². The van der Waals surface area contributed by atoms with Crippen molar-refractivity contribution in [2.24, 2.45) is 0 Å². The number of rotatable bonds is 4. The van der Waals surface area contributed by atoms with Gasteiger partial charge in [-0.2, -0.15) is 0 Å². The standard InChI is InChI=1S/C21H18N4O4/c1-12-21(24-20(27)23-12,18-7-13-5-6-22-9-17(13)29-18)11-25-10-14-3-4-15(28-2)8-16(14)19(25)26/h3-9H,1,10-11H2,2H3,(H2,23,24,27)/t21-/m1/s1.